The van der Waals surface area contributed by atoms with E-state index in [0.717, 1.165) is 17.9 Å². The Hall–Kier alpha value is -2.75. The third-order valence-electron chi connectivity index (χ3n) is 5.20. The van der Waals surface area contributed by atoms with Crippen molar-refractivity contribution in [3.8, 4) is 0 Å². The Balaban J connectivity index is 0.00000298. The van der Waals surface area contributed by atoms with E-state index in [2.05, 4.69) is 30.7 Å². The smallest absolute Gasteiger partial charge is 0.264 e. The van der Waals surface area contributed by atoms with Gasteiger partial charge in [-0.2, -0.15) is 0 Å². The fraction of sp³-hybridized carbons (Fsp3) is 0.577. The molecule has 1 atom stereocenters. The van der Waals surface area contributed by atoms with Crippen LogP contribution in [-0.2, 0) is 28.6 Å². The number of hydrogen-bond donors (Lipinski definition) is 2. The summed E-state index contributed by atoms with van der Waals surface area (Å²) in [4.78, 5) is 39.5. The van der Waals surface area contributed by atoms with Crippen molar-refractivity contribution in [3.63, 3.8) is 0 Å². The topological polar surface area (TPSA) is 106 Å². The molecule has 0 bridgehead atoms. The number of allylic oxidation sites excluding steroid dienone is 3. The van der Waals surface area contributed by atoms with Crippen LogP contribution < -0.4 is 10.6 Å². The van der Waals surface area contributed by atoms with Crippen LogP contribution >= 0.6 is 0 Å². The highest BCUT2D eigenvalue weighted by molar-refractivity contribution is 6.26. The number of imide groups is 1. The second kappa shape index (κ2) is 16.8. The van der Waals surface area contributed by atoms with E-state index in [1.165, 1.54) is 6.08 Å². The maximum atomic E-state index is 13.2. The number of rotatable bonds is 14. The summed E-state index contributed by atoms with van der Waals surface area (Å²) >= 11 is 0. The number of ether oxygens (including phenoxy) is 3. The molecular formula is C26H41N3O6. The van der Waals surface area contributed by atoms with Crippen molar-refractivity contribution < 1.29 is 28.6 Å². The molecule has 9 nitrogen and oxygen atoms in total. The number of nitrogens with zero attached hydrogens (tertiary/aromatic N) is 1. The molecule has 2 N–H and O–H groups in total. The molecule has 196 valence electrons. The van der Waals surface area contributed by atoms with Crippen LogP contribution in [0.15, 0.2) is 47.9 Å². The van der Waals surface area contributed by atoms with Crippen LogP contribution in [-0.4, -0.2) is 74.8 Å². The molecule has 2 aliphatic rings. The van der Waals surface area contributed by atoms with Crippen molar-refractivity contribution in [1.29, 1.82) is 0 Å². The largest absolute Gasteiger partial charge is 0.382 e. The van der Waals surface area contributed by atoms with Gasteiger partial charge >= 0.3 is 0 Å². The molecule has 3 amide bonds. The first-order valence-corrected chi connectivity index (χ1v) is 12.3. The minimum absolute atomic E-state index is 0.213. The average Bonchev–Trinajstić information content (AvgIpc) is 3.10. The standard InChI is InChI=1S/C24H35N3O6.C2H6/c1-5-11-31-13-15-33-16-14-32-12-10-25-19(7-3)21-18(6-2)23(29)27(24(21)30)20-9-8-17(4)26-22(20)28;1-2/h6-7,20,25H,3-5,8-16H2,1-2H3,(H,26,28);1-2H3/b18-6+,21-19-;. The maximum Gasteiger partial charge on any atom is 0.264 e. The molecular weight excluding hydrogens is 450 g/mol. The Morgan fingerprint density at radius 2 is 1.66 bits per heavy atom. The second-order valence-corrected chi connectivity index (χ2v) is 7.59. The molecule has 2 heterocycles. The lowest BCUT2D eigenvalue weighted by molar-refractivity contribution is -0.145. The number of carbonyl (C=O) groups excluding carboxylic acids is 3. The first kappa shape index (κ1) is 30.3. The summed E-state index contributed by atoms with van der Waals surface area (Å²) in [6.45, 7) is 18.8. The number of hydrogen-bond acceptors (Lipinski definition) is 7. The van der Waals surface area contributed by atoms with E-state index in [0.29, 0.717) is 63.8 Å². The monoisotopic (exact) mass is 491 g/mol. The summed E-state index contributed by atoms with van der Waals surface area (Å²) in [5.41, 5.74) is 1.47. The molecule has 0 radical (unpaired) electrons. The Kier molecular flexibility index (Phi) is 14.5. The predicted molar refractivity (Wildman–Crippen MR) is 135 cm³/mol. The normalized spacial score (nSPS) is 20.5. The second-order valence-electron chi connectivity index (χ2n) is 7.59. The van der Waals surface area contributed by atoms with E-state index in [1.54, 1.807) is 13.0 Å². The SMILES string of the molecule is C=C/C(NCCOCCOCCOCCC)=C1/C(=O)N(C2CCC(=C)NC2=O)C(=O)/C1=C/C.CC. The lowest BCUT2D eigenvalue weighted by Gasteiger charge is -2.29. The highest BCUT2D eigenvalue weighted by Gasteiger charge is 2.46. The molecule has 0 aromatic heterocycles. The van der Waals surface area contributed by atoms with Crippen molar-refractivity contribution in [2.45, 2.75) is 53.0 Å². The van der Waals surface area contributed by atoms with Gasteiger partial charge in [-0.3, -0.25) is 19.3 Å². The number of carbonyl (C=O) groups is 3. The number of piperidine rings is 1. The van der Waals surface area contributed by atoms with E-state index in [9.17, 15) is 14.4 Å². The Morgan fingerprint density at radius 1 is 1.06 bits per heavy atom. The molecule has 0 aliphatic carbocycles. The summed E-state index contributed by atoms with van der Waals surface area (Å²) in [7, 11) is 0. The quantitative estimate of drug-likeness (QED) is 0.219. The molecule has 2 aliphatic heterocycles. The zero-order valence-corrected chi connectivity index (χ0v) is 21.6. The van der Waals surface area contributed by atoms with Crippen molar-refractivity contribution in [3.05, 3.63) is 47.9 Å². The molecule has 0 saturated carbocycles. The zero-order chi connectivity index (χ0) is 26.2. The maximum absolute atomic E-state index is 13.2. The lowest BCUT2D eigenvalue weighted by atomic mass is 10.0. The van der Waals surface area contributed by atoms with E-state index >= 15 is 0 Å². The zero-order valence-electron chi connectivity index (χ0n) is 21.6. The number of nitrogens with one attached hydrogen (secondary N) is 2. The minimum atomic E-state index is -0.857. The van der Waals surface area contributed by atoms with Gasteiger partial charge in [0.1, 0.15) is 6.04 Å². The van der Waals surface area contributed by atoms with Gasteiger partial charge in [0, 0.05) is 24.5 Å². The van der Waals surface area contributed by atoms with E-state index < -0.39 is 23.8 Å². The fourth-order valence-corrected chi connectivity index (χ4v) is 3.59. The van der Waals surface area contributed by atoms with Crippen LogP contribution in [0.2, 0.25) is 0 Å². The van der Waals surface area contributed by atoms with Crippen LogP contribution in [0, 0.1) is 0 Å². The summed E-state index contributed by atoms with van der Waals surface area (Å²) < 4.78 is 16.3. The molecule has 0 spiro atoms. The molecule has 2 rings (SSSR count). The van der Waals surface area contributed by atoms with E-state index in [1.807, 2.05) is 13.8 Å². The highest BCUT2D eigenvalue weighted by atomic mass is 16.5. The molecule has 2 saturated heterocycles. The van der Waals surface area contributed by atoms with Crippen molar-refractivity contribution in [1.82, 2.24) is 15.5 Å². The van der Waals surface area contributed by atoms with Gasteiger partial charge in [-0.1, -0.05) is 40.0 Å². The summed E-state index contributed by atoms with van der Waals surface area (Å²) in [6, 6.07) is -0.857. The first-order chi connectivity index (χ1) is 17.0. The molecule has 0 aromatic rings. The third kappa shape index (κ3) is 8.76. The minimum Gasteiger partial charge on any atom is -0.382 e. The van der Waals surface area contributed by atoms with Crippen molar-refractivity contribution >= 4 is 17.7 Å². The van der Waals surface area contributed by atoms with Crippen LogP contribution in [0.25, 0.3) is 0 Å². The van der Waals surface area contributed by atoms with Crippen LogP contribution in [0.3, 0.4) is 0 Å². The van der Waals surface area contributed by atoms with Crippen LogP contribution in [0.1, 0.15) is 47.0 Å². The van der Waals surface area contributed by atoms with Crippen LogP contribution in [0.5, 0.6) is 0 Å². The summed E-state index contributed by atoms with van der Waals surface area (Å²) in [5.74, 6) is -1.39. The van der Waals surface area contributed by atoms with Gasteiger partial charge in [-0.15, -0.1) is 0 Å². The Labute approximate surface area is 209 Å². The van der Waals surface area contributed by atoms with Gasteiger partial charge in [0.25, 0.3) is 11.8 Å². The Bertz CT molecular complexity index is 818. The fourth-order valence-electron chi connectivity index (χ4n) is 3.59. The highest BCUT2D eigenvalue weighted by Crippen LogP contribution is 2.31. The van der Waals surface area contributed by atoms with Gasteiger partial charge in [-0.25, -0.2) is 0 Å². The number of likely N-dealkylation sites (tertiary alicyclic amines) is 1. The average molecular weight is 492 g/mol. The van der Waals surface area contributed by atoms with Crippen LogP contribution in [0.4, 0.5) is 0 Å². The third-order valence-corrected chi connectivity index (χ3v) is 5.20. The van der Waals surface area contributed by atoms with Crippen molar-refractivity contribution in [2.75, 3.05) is 46.2 Å². The molecule has 2 fully saturated rings. The van der Waals surface area contributed by atoms with Gasteiger partial charge in [0.15, 0.2) is 0 Å². The molecule has 0 aromatic carbocycles. The number of amides is 3. The Morgan fingerprint density at radius 3 is 2.20 bits per heavy atom. The van der Waals surface area contributed by atoms with Gasteiger partial charge < -0.3 is 24.8 Å². The molecule has 1 unspecified atom stereocenters. The summed E-state index contributed by atoms with van der Waals surface area (Å²) in [6.07, 6.45) is 4.92. The van der Waals surface area contributed by atoms with Gasteiger partial charge in [0.05, 0.1) is 44.2 Å². The molecule has 9 heteroatoms. The first-order valence-electron chi connectivity index (χ1n) is 12.3. The van der Waals surface area contributed by atoms with Gasteiger partial charge in [0.2, 0.25) is 5.91 Å². The predicted octanol–water partition coefficient (Wildman–Crippen LogP) is 2.61. The van der Waals surface area contributed by atoms with E-state index in [-0.39, 0.29) is 11.1 Å². The molecule has 35 heavy (non-hydrogen) atoms. The van der Waals surface area contributed by atoms with Crippen molar-refractivity contribution in [2.24, 2.45) is 0 Å². The van der Waals surface area contributed by atoms with E-state index in [4.69, 9.17) is 14.2 Å². The van der Waals surface area contributed by atoms with Gasteiger partial charge in [-0.05, 0) is 32.3 Å². The lowest BCUT2D eigenvalue weighted by Crippen LogP contribution is -2.51. The summed E-state index contributed by atoms with van der Waals surface area (Å²) in [5, 5.41) is 5.74.